The van der Waals surface area contributed by atoms with Crippen LogP contribution in [-0.2, 0) is 11.2 Å². The largest absolute Gasteiger partial charge is 0.339 e. The van der Waals surface area contributed by atoms with Crippen LogP contribution in [0.2, 0.25) is 0 Å². The average molecular weight is 330 g/mol. The minimum atomic E-state index is -0.539. The molecule has 3 rings (SSSR count). The van der Waals surface area contributed by atoms with E-state index in [1.165, 1.54) is 0 Å². The lowest BCUT2D eigenvalue weighted by Crippen LogP contribution is -2.55. The maximum atomic E-state index is 11.9. The normalized spacial score (nSPS) is 16.8. The van der Waals surface area contributed by atoms with Gasteiger partial charge in [0.15, 0.2) is 0 Å². The Balaban J connectivity index is 1.66. The number of nitrogens with one attached hydrogen (secondary N) is 2. The second-order valence-electron chi connectivity index (χ2n) is 6.08. The molecule has 0 bridgehead atoms. The van der Waals surface area contributed by atoms with Crippen molar-refractivity contribution in [3.63, 3.8) is 0 Å². The third-order valence-corrected chi connectivity index (χ3v) is 4.33. The Kier molecular flexibility index (Phi) is 5.09. The fourth-order valence-corrected chi connectivity index (χ4v) is 2.75. The summed E-state index contributed by atoms with van der Waals surface area (Å²) >= 11 is 0. The van der Waals surface area contributed by atoms with Gasteiger partial charge in [0, 0.05) is 6.42 Å². The lowest BCUT2D eigenvalue weighted by atomic mass is 9.99. The van der Waals surface area contributed by atoms with E-state index in [2.05, 4.69) is 22.8 Å². The molecule has 2 aromatic carbocycles. The minimum Gasteiger partial charge on any atom is -0.339 e. The molecule has 2 aromatic rings. The van der Waals surface area contributed by atoms with Crippen molar-refractivity contribution < 1.29 is 4.79 Å². The summed E-state index contributed by atoms with van der Waals surface area (Å²) in [6.07, 6.45) is 1.29. The lowest BCUT2D eigenvalue weighted by Gasteiger charge is -2.27. The van der Waals surface area contributed by atoms with E-state index in [0.29, 0.717) is 12.0 Å². The summed E-state index contributed by atoms with van der Waals surface area (Å²) in [4.78, 5) is 11.9. The Morgan fingerprint density at radius 2 is 1.96 bits per heavy atom. The number of benzene rings is 2. The first-order chi connectivity index (χ1) is 12.2. The molecule has 0 aliphatic carbocycles. The molecule has 2 N–H and O–H groups in total. The van der Waals surface area contributed by atoms with Crippen molar-refractivity contribution in [3.8, 4) is 23.3 Å². The van der Waals surface area contributed by atoms with Gasteiger partial charge in [-0.1, -0.05) is 36.4 Å². The van der Waals surface area contributed by atoms with Crippen molar-refractivity contribution in [1.82, 2.24) is 10.6 Å². The van der Waals surface area contributed by atoms with Gasteiger partial charge in [-0.15, -0.1) is 0 Å². The number of nitrogens with zero attached hydrogens (tertiary/aromatic N) is 2. The van der Waals surface area contributed by atoms with E-state index < -0.39 is 6.04 Å². The highest BCUT2D eigenvalue weighted by atomic mass is 16.2. The van der Waals surface area contributed by atoms with Gasteiger partial charge in [-0.05, 0) is 41.8 Å². The van der Waals surface area contributed by atoms with E-state index in [1.807, 2.05) is 42.5 Å². The molecule has 5 heteroatoms. The van der Waals surface area contributed by atoms with Crippen LogP contribution in [0.15, 0.2) is 48.5 Å². The first-order valence-electron chi connectivity index (χ1n) is 8.22. The van der Waals surface area contributed by atoms with Gasteiger partial charge in [-0.3, -0.25) is 4.79 Å². The molecular formula is C20H18N4O. The van der Waals surface area contributed by atoms with Gasteiger partial charge in [-0.25, -0.2) is 0 Å². The zero-order valence-corrected chi connectivity index (χ0v) is 13.7. The van der Waals surface area contributed by atoms with Crippen LogP contribution in [0.4, 0.5) is 0 Å². The first-order valence-corrected chi connectivity index (χ1v) is 8.22. The number of hydrogen-bond donors (Lipinski definition) is 2. The summed E-state index contributed by atoms with van der Waals surface area (Å²) in [5, 5.41) is 24.1. The molecule has 25 heavy (non-hydrogen) atoms. The second-order valence-corrected chi connectivity index (χ2v) is 6.08. The van der Waals surface area contributed by atoms with E-state index in [0.717, 1.165) is 29.7 Å². The summed E-state index contributed by atoms with van der Waals surface area (Å²) in [6.45, 7) is 0.851. The summed E-state index contributed by atoms with van der Waals surface area (Å²) in [6, 6.07) is 18.9. The molecule has 2 atom stereocenters. The number of carbonyl (C=O) groups excluding carboxylic acids is 1. The minimum absolute atomic E-state index is 0.109. The molecule has 0 saturated carbocycles. The maximum Gasteiger partial charge on any atom is 0.238 e. The molecule has 5 nitrogen and oxygen atoms in total. The van der Waals surface area contributed by atoms with E-state index in [4.69, 9.17) is 5.26 Å². The quantitative estimate of drug-likeness (QED) is 0.879. The molecule has 1 heterocycles. The van der Waals surface area contributed by atoms with Gasteiger partial charge in [0.2, 0.25) is 5.91 Å². The summed E-state index contributed by atoms with van der Waals surface area (Å²) in [5.41, 5.74) is 3.59. The zero-order chi connectivity index (χ0) is 17.6. The average Bonchev–Trinajstić information content (AvgIpc) is 2.60. The van der Waals surface area contributed by atoms with Crippen LogP contribution in [-0.4, -0.2) is 24.5 Å². The molecule has 0 aromatic heterocycles. The zero-order valence-electron chi connectivity index (χ0n) is 13.7. The molecule has 1 aliphatic rings. The maximum absolute atomic E-state index is 11.9. The predicted molar refractivity (Wildman–Crippen MR) is 94.2 cm³/mol. The van der Waals surface area contributed by atoms with Gasteiger partial charge in [0.1, 0.15) is 6.04 Å². The molecule has 1 aliphatic heterocycles. The molecule has 1 saturated heterocycles. The SMILES string of the molecule is N#Cc1cccc(-c2ccc(C[C@@H](C#N)NC(=O)C3CCN3)cc2)c1. The fraction of sp³-hybridized carbons (Fsp3) is 0.250. The Morgan fingerprint density at radius 1 is 1.20 bits per heavy atom. The van der Waals surface area contributed by atoms with Crippen LogP contribution in [0.3, 0.4) is 0 Å². The van der Waals surface area contributed by atoms with Crippen molar-refractivity contribution in [2.24, 2.45) is 0 Å². The molecular weight excluding hydrogens is 312 g/mol. The van der Waals surface area contributed by atoms with Gasteiger partial charge in [0.05, 0.1) is 23.7 Å². The highest BCUT2D eigenvalue weighted by Gasteiger charge is 2.26. The Labute approximate surface area is 146 Å². The van der Waals surface area contributed by atoms with Gasteiger partial charge in [0.25, 0.3) is 0 Å². The van der Waals surface area contributed by atoms with Crippen molar-refractivity contribution in [2.45, 2.75) is 24.9 Å². The van der Waals surface area contributed by atoms with Crippen molar-refractivity contribution >= 4 is 5.91 Å². The molecule has 0 spiro atoms. The third-order valence-electron chi connectivity index (χ3n) is 4.33. The second kappa shape index (κ2) is 7.61. The van der Waals surface area contributed by atoms with E-state index in [9.17, 15) is 10.1 Å². The Hall–Kier alpha value is -3.15. The standard InChI is InChI=1S/C20H18N4O/c21-12-15-2-1-3-17(10-15)16-6-4-14(5-7-16)11-18(13-22)24-20(25)19-8-9-23-19/h1-7,10,18-19,23H,8-9,11H2,(H,24,25)/t18-,19?/m0/s1. The first kappa shape index (κ1) is 16.7. The number of nitriles is 2. The van der Waals surface area contributed by atoms with Crippen LogP contribution in [0, 0.1) is 22.7 Å². The van der Waals surface area contributed by atoms with E-state index in [-0.39, 0.29) is 11.9 Å². The summed E-state index contributed by atoms with van der Waals surface area (Å²) in [5.74, 6) is -0.109. The Bertz CT molecular complexity index is 841. The molecule has 0 radical (unpaired) electrons. The summed E-state index contributed by atoms with van der Waals surface area (Å²) in [7, 11) is 0. The smallest absolute Gasteiger partial charge is 0.238 e. The van der Waals surface area contributed by atoms with Crippen LogP contribution >= 0.6 is 0 Å². The van der Waals surface area contributed by atoms with Crippen LogP contribution in [0.1, 0.15) is 17.5 Å². The third kappa shape index (κ3) is 4.03. The van der Waals surface area contributed by atoms with Gasteiger partial charge >= 0.3 is 0 Å². The van der Waals surface area contributed by atoms with Crippen LogP contribution in [0.25, 0.3) is 11.1 Å². The number of carbonyl (C=O) groups is 1. The monoisotopic (exact) mass is 330 g/mol. The Morgan fingerprint density at radius 3 is 2.56 bits per heavy atom. The highest BCUT2D eigenvalue weighted by Crippen LogP contribution is 2.21. The van der Waals surface area contributed by atoms with E-state index in [1.54, 1.807) is 6.07 Å². The highest BCUT2D eigenvalue weighted by molar-refractivity contribution is 5.83. The molecule has 1 fully saturated rings. The molecule has 124 valence electrons. The number of hydrogen-bond acceptors (Lipinski definition) is 4. The molecule has 1 unspecified atom stereocenters. The van der Waals surface area contributed by atoms with Crippen molar-refractivity contribution in [2.75, 3.05) is 6.54 Å². The van der Waals surface area contributed by atoms with Crippen molar-refractivity contribution in [3.05, 3.63) is 59.7 Å². The van der Waals surface area contributed by atoms with E-state index >= 15 is 0 Å². The van der Waals surface area contributed by atoms with Crippen LogP contribution in [0.5, 0.6) is 0 Å². The van der Waals surface area contributed by atoms with Gasteiger partial charge in [-0.2, -0.15) is 10.5 Å². The topological polar surface area (TPSA) is 88.7 Å². The number of amides is 1. The van der Waals surface area contributed by atoms with Crippen molar-refractivity contribution in [1.29, 1.82) is 10.5 Å². The van der Waals surface area contributed by atoms with Crippen LogP contribution < -0.4 is 10.6 Å². The summed E-state index contributed by atoms with van der Waals surface area (Å²) < 4.78 is 0. The molecule has 1 amide bonds. The fourth-order valence-electron chi connectivity index (χ4n) is 2.75. The predicted octanol–water partition coefficient (Wildman–Crippen LogP) is 2.14. The van der Waals surface area contributed by atoms with Gasteiger partial charge < -0.3 is 10.6 Å². The lowest BCUT2D eigenvalue weighted by molar-refractivity contribution is -0.125. The number of rotatable bonds is 5.